The molecule has 0 aliphatic heterocycles. The second kappa shape index (κ2) is 7.87. The number of aryl methyl sites for hydroxylation is 1. The van der Waals surface area contributed by atoms with E-state index in [0.29, 0.717) is 5.75 Å². The molecule has 4 rings (SSSR count). The molecule has 2 heteroatoms. The summed E-state index contributed by atoms with van der Waals surface area (Å²) in [6.45, 7) is 4.26. The molecular weight excluding hydrogens is 342 g/mol. The molecule has 0 spiro atoms. The first kappa shape index (κ1) is 18.3. The van der Waals surface area contributed by atoms with Gasteiger partial charge in [0.25, 0.3) is 0 Å². The van der Waals surface area contributed by atoms with E-state index in [2.05, 4.69) is 79.8 Å². The first-order valence-corrected chi connectivity index (χ1v) is 9.71. The van der Waals surface area contributed by atoms with E-state index in [1.165, 1.54) is 11.1 Å². The van der Waals surface area contributed by atoms with Crippen molar-refractivity contribution in [3.8, 4) is 5.75 Å². The molecule has 0 aromatic heterocycles. The zero-order chi connectivity index (χ0) is 19.5. The quantitative estimate of drug-likeness (QED) is 0.434. The third-order valence-electron chi connectivity index (χ3n) is 5.36. The zero-order valence-electron chi connectivity index (χ0n) is 16.3. The van der Waals surface area contributed by atoms with Crippen LogP contribution in [0.25, 0.3) is 10.8 Å². The van der Waals surface area contributed by atoms with Crippen molar-refractivity contribution < 1.29 is 5.11 Å². The first-order valence-electron chi connectivity index (χ1n) is 9.71. The van der Waals surface area contributed by atoms with Crippen LogP contribution in [0.5, 0.6) is 5.75 Å². The summed E-state index contributed by atoms with van der Waals surface area (Å²) in [7, 11) is 0. The van der Waals surface area contributed by atoms with E-state index in [-0.39, 0.29) is 12.1 Å². The van der Waals surface area contributed by atoms with Crippen LogP contribution < -0.4 is 5.32 Å². The molecule has 0 fully saturated rings. The summed E-state index contributed by atoms with van der Waals surface area (Å²) in [6.07, 6.45) is 0. The molecule has 0 bridgehead atoms. The number of phenolic OH excluding ortho intramolecular Hbond substituents is 1. The SMILES string of the molecule is Cc1ccc([C@H](N[C@@H](C)c2ccccc2)c2c(O)ccc3ccccc23)cc1. The lowest BCUT2D eigenvalue weighted by Crippen LogP contribution is -2.26. The van der Waals surface area contributed by atoms with Crippen LogP contribution in [0.3, 0.4) is 0 Å². The molecule has 4 aromatic rings. The summed E-state index contributed by atoms with van der Waals surface area (Å²) in [4.78, 5) is 0. The molecule has 0 unspecified atom stereocenters. The van der Waals surface area contributed by atoms with Gasteiger partial charge in [0.1, 0.15) is 5.75 Å². The van der Waals surface area contributed by atoms with Gasteiger partial charge in [0.15, 0.2) is 0 Å². The predicted octanol–water partition coefficient (Wildman–Crippen LogP) is 6.29. The zero-order valence-corrected chi connectivity index (χ0v) is 16.3. The molecule has 140 valence electrons. The fourth-order valence-corrected chi connectivity index (χ4v) is 3.78. The van der Waals surface area contributed by atoms with E-state index >= 15 is 0 Å². The molecule has 0 amide bonds. The molecule has 0 saturated carbocycles. The number of nitrogens with one attached hydrogen (secondary N) is 1. The van der Waals surface area contributed by atoms with Gasteiger partial charge in [0.05, 0.1) is 6.04 Å². The van der Waals surface area contributed by atoms with Crippen LogP contribution in [0, 0.1) is 6.92 Å². The molecule has 0 saturated heterocycles. The van der Waals surface area contributed by atoms with E-state index in [9.17, 15) is 5.11 Å². The van der Waals surface area contributed by atoms with Gasteiger partial charge in [-0.3, -0.25) is 5.32 Å². The maximum absolute atomic E-state index is 10.8. The lowest BCUT2D eigenvalue weighted by molar-refractivity contribution is 0.449. The molecule has 0 radical (unpaired) electrons. The summed E-state index contributed by atoms with van der Waals surface area (Å²) < 4.78 is 0. The van der Waals surface area contributed by atoms with Crippen molar-refractivity contribution in [2.24, 2.45) is 0 Å². The van der Waals surface area contributed by atoms with Crippen molar-refractivity contribution in [3.63, 3.8) is 0 Å². The highest BCUT2D eigenvalue weighted by molar-refractivity contribution is 5.88. The van der Waals surface area contributed by atoms with Gasteiger partial charge in [-0.2, -0.15) is 0 Å². The average molecular weight is 367 g/mol. The van der Waals surface area contributed by atoms with Crippen molar-refractivity contribution in [1.82, 2.24) is 5.32 Å². The van der Waals surface area contributed by atoms with Crippen molar-refractivity contribution in [2.45, 2.75) is 25.9 Å². The molecule has 2 N–H and O–H groups in total. The number of hydrogen-bond acceptors (Lipinski definition) is 2. The van der Waals surface area contributed by atoms with E-state index in [4.69, 9.17) is 0 Å². The van der Waals surface area contributed by atoms with Gasteiger partial charge in [0, 0.05) is 11.6 Å². The van der Waals surface area contributed by atoms with Crippen molar-refractivity contribution in [3.05, 3.63) is 113 Å². The summed E-state index contributed by atoms with van der Waals surface area (Å²) in [5.74, 6) is 0.317. The van der Waals surface area contributed by atoms with Crippen molar-refractivity contribution in [2.75, 3.05) is 0 Å². The Bertz CT molecular complexity index is 1070. The number of phenols is 1. The minimum Gasteiger partial charge on any atom is -0.508 e. The number of aromatic hydroxyl groups is 1. The van der Waals surface area contributed by atoms with Crippen LogP contribution in [0.1, 0.15) is 41.3 Å². The molecule has 28 heavy (non-hydrogen) atoms. The van der Waals surface area contributed by atoms with Crippen molar-refractivity contribution >= 4 is 10.8 Å². The number of hydrogen-bond donors (Lipinski definition) is 2. The highest BCUT2D eigenvalue weighted by Crippen LogP contribution is 2.37. The molecular formula is C26H25NO. The average Bonchev–Trinajstić information content (AvgIpc) is 2.73. The van der Waals surface area contributed by atoms with Gasteiger partial charge in [-0.25, -0.2) is 0 Å². The second-order valence-corrected chi connectivity index (χ2v) is 7.36. The third-order valence-corrected chi connectivity index (χ3v) is 5.36. The molecule has 0 aliphatic carbocycles. The summed E-state index contributed by atoms with van der Waals surface area (Å²) in [5.41, 5.74) is 4.50. The smallest absolute Gasteiger partial charge is 0.121 e. The highest BCUT2D eigenvalue weighted by atomic mass is 16.3. The Morgan fingerprint density at radius 1 is 0.714 bits per heavy atom. The van der Waals surface area contributed by atoms with Crippen LogP contribution in [-0.4, -0.2) is 5.11 Å². The van der Waals surface area contributed by atoms with Gasteiger partial charge in [-0.05, 0) is 41.8 Å². The van der Waals surface area contributed by atoms with Crippen LogP contribution in [0.4, 0.5) is 0 Å². The normalized spacial score (nSPS) is 13.4. The van der Waals surface area contributed by atoms with Crippen LogP contribution >= 0.6 is 0 Å². The fourth-order valence-electron chi connectivity index (χ4n) is 3.78. The second-order valence-electron chi connectivity index (χ2n) is 7.36. The Morgan fingerprint density at radius 2 is 1.39 bits per heavy atom. The highest BCUT2D eigenvalue weighted by Gasteiger charge is 2.22. The Labute approximate surface area is 166 Å². The number of rotatable bonds is 5. The van der Waals surface area contributed by atoms with Crippen LogP contribution in [0.15, 0.2) is 91.0 Å². The Morgan fingerprint density at radius 3 is 2.14 bits per heavy atom. The topological polar surface area (TPSA) is 32.3 Å². The maximum atomic E-state index is 10.8. The maximum Gasteiger partial charge on any atom is 0.121 e. The van der Waals surface area contributed by atoms with Gasteiger partial charge in [-0.15, -0.1) is 0 Å². The molecule has 2 atom stereocenters. The predicted molar refractivity (Wildman–Crippen MR) is 117 cm³/mol. The van der Waals surface area contributed by atoms with E-state index in [1.807, 2.05) is 24.3 Å². The third kappa shape index (κ3) is 3.64. The molecule has 0 heterocycles. The van der Waals surface area contributed by atoms with Crippen molar-refractivity contribution in [1.29, 1.82) is 0 Å². The number of benzene rings is 4. The molecule has 0 aliphatic rings. The Kier molecular flexibility index (Phi) is 5.14. The van der Waals surface area contributed by atoms with Crippen LogP contribution in [0.2, 0.25) is 0 Å². The standard InChI is InChI=1S/C26H25NO/c1-18-12-14-22(15-13-18)26(27-19(2)20-8-4-3-5-9-20)25-23-11-7-6-10-21(23)16-17-24(25)28/h3-17,19,26-28H,1-2H3/t19-,26-/m0/s1. The summed E-state index contributed by atoms with van der Waals surface area (Å²) in [6, 6.07) is 31.0. The fraction of sp³-hybridized carbons (Fsp3) is 0.154. The lowest BCUT2D eigenvalue weighted by atomic mass is 9.91. The monoisotopic (exact) mass is 367 g/mol. The van der Waals surface area contributed by atoms with Gasteiger partial charge >= 0.3 is 0 Å². The first-order chi connectivity index (χ1) is 13.6. The van der Waals surface area contributed by atoms with E-state index in [0.717, 1.165) is 21.9 Å². The van der Waals surface area contributed by atoms with Gasteiger partial charge < -0.3 is 5.11 Å². The summed E-state index contributed by atoms with van der Waals surface area (Å²) >= 11 is 0. The van der Waals surface area contributed by atoms with E-state index < -0.39 is 0 Å². The Balaban J connectivity index is 1.84. The van der Waals surface area contributed by atoms with Gasteiger partial charge in [0.2, 0.25) is 0 Å². The minimum absolute atomic E-state index is 0.123. The Hall–Kier alpha value is -3.10. The minimum atomic E-state index is -0.123. The largest absolute Gasteiger partial charge is 0.508 e. The van der Waals surface area contributed by atoms with E-state index in [1.54, 1.807) is 6.07 Å². The molecule has 4 aromatic carbocycles. The van der Waals surface area contributed by atoms with Gasteiger partial charge in [-0.1, -0.05) is 90.5 Å². The lowest BCUT2D eigenvalue weighted by Gasteiger charge is -2.26. The molecule has 2 nitrogen and oxygen atoms in total. The number of fused-ring (bicyclic) bond motifs is 1. The van der Waals surface area contributed by atoms with Crippen LogP contribution in [-0.2, 0) is 0 Å². The summed E-state index contributed by atoms with van der Waals surface area (Å²) in [5, 5.41) is 16.8.